The molecule has 2 rings (SSSR count). The highest BCUT2D eigenvalue weighted by atomic mass is 32.2. The van der Waals surface area contributed by atoms with Gasteiger partial charge in [-0.3, -0.25) is 4.18 Å². The maximum Gasteiger partial charge on any atom is 0.264 e. The molecule has 0 bridgehead atoms. The van der Waals surface area contributed by atoms with E-state index < -0.39 is 10.1 Å². The minimum absolute atomic E-state index is 0.0898. The van der Waals surface area contributed by atoms with Crippen LogP contribution in [-0.2, 0) is 20.9 Å². The van der Waals surface area contributed by atoms with Crippen molar-refractivity contribution in [3.05, 3.63) is 47.3 Å². The van der Waals surface area contributed by atoms with E-state index in [4.69, 9.17) is 4.18 Å². The topological polar surface area (TPSA) is 43.4 Å². The largest absolute Gasteiger partial charge is 0.265 e. The first-order valence-corrected chi connectivity index (χ1v) is 7.72. The van der Waals surface area contributed by atoms with Crippen molar-refractivity contribution in [3.8, 4) is 10.4 Å². The Morgan fingerprint density at radius 1 is 1.18 bits per heavy atom. The van der Waals surface area contributed by atoms with Crippen LogP contribution in [0.25, 0.3) is 10.4 Å². The van der Waals surface area contributed by atoms with Crippen molar-refractivity contribution in [1.82, 2.24) is 0 Å². The molecule has 90 valence electrons. The Kier molecular flexibility index (Phi) is 3.61. The normalized spacial score (nSPS) is 11.6. The van der Waals surface area contributed by atoms with Crippen molar-refractivity contribution in [2.45, 2.75) is 6.61 Å². The summed E-state index contributed by atoms with van der Waals surface area (Å²) in [6, 6.07) is 11.7. The predicted molar refractivity (Wildman–Crippen MR) is 69.4 cm³/mol. The van der Waals surface area contributed by atoms with Gasteiger partial charge in [0, 0.05) is 4.88 Å². The lowest BCUT2D eigenvalue weighted by molar-refractivity contribution is 0.312. The van der Waals surface area contributed by atoms with E-state index >= 15 is 0 Å². The first-order valence-electron chi connectivity index (χ1n) is 5.02. The fraction of sp³-hybridized carbons (Fsp3) is 0.167. The second-order valence-corrected chi connectivity index (χ2v) is 6.17. The Labute approximate surface area is 105 Å². The molecule has 0 saturated carbocycles. The van der Waals surface area contributed by atoms with Crippen molar-refractivity contribution in [2.24, 2.45) is 0 Å². The lowest BCUT2D eigenvalue weighted by Gasteiger charge is -2.03. The first-order chi connectivity index (χ1) is 8.06. The molecule has 0 aliphatic carbocycles. The molecule has 0 amide bonds. The molecule has 17 heavy (non-hydrogen) atoms. The van der Waals surface area contributed by atoms with Gasteiger partial charge in [-0.25, -0.2) is 0 Å². The van der Waals surface area contributed by atoms with E-state index in [0.29, 0.717) is 0 Å². The van der Waals surface area contributed by atoms with Gasteiger partial charge in [0.1, 0.15) is 0 Å². The van der Waals surface area contributed by atoms with Crippen LogP contribution in [0.2, 0.25) is 0 Å². The second kappa shape index (κ2) is 5.00. The fourth-order valence-electron chi connectivity index (χ4n) is 1.46. The zero-order valence-electron chi connectivity index (χ0n) is 9.29. The summed E-state index contributed by atoms with van der Waals surface area (Å²) >= 11 is 1.58. The molecule has 0 aliphatic rings. The summed E-state index contributed by atoms with van der Waals surface area (Å²) in [5, 5.41) is 1.93. The number of benzene rings is 1. The molecule has 1 aromatic heterocycles. The van der Waals surface area contributed by atoms with Crippen LogP contribution in [-0.4, -0.2) is 14.7 Å². The SMILES string of the molecule is CS(=O)(=O)OCc1ccsc1-c1ccccc1. The Bertz CT molecular complexity index is 585. The van der Waals surface area contributed by atoms with Crippen LogP contribution in [0, 0.1) is 0 Å². The molecule has 0 unspecified atom stereocenters. The van der Waals surface area contributed by atoms with Gasteiger partial charge in [-0.1, -0.05) is 30.3 Å². The van der Waals surface area contributed by atoms with Gasteiger partial charge in [0.05, 0.1) is 12.9 Å². The molecule has 5 heteroatoms. The Balaban J connectivity index is 2.24. The van der Waals surface area contributed by atoms with Crippen molar-refractivity contribution in [1.29, 1.82) is 0 Å². The van der Waals surface area contributed by atoms with Crippen molar-refractivity contribution < 1.29 is 12.6 Å². The van der Waals surface area contributed by atoms with Gasteiger partial charge in [-0.15, -0.1) is 11.3 Å². The lowest BCUT2D eigenvalue weighted by atomic mass is 10.1. The molecule has 0 fully saturated rings. The molecule has 0 radical (unpaired) electrons. The van der Waals surface area contributed by atoms with Gasteiger partial charge < -0.3 is 0 Å². The van der Waals surface area contributed by atoms with Crippen LogP contribution in [0.1, 0.15) is 5.56 Å². The van der Waals surface area contributed by atoms with Crippen LogP contribution in [0.15, 0.2) is 41.8 Å². The van der Waals surface area contributed by atoms with Crippen molar-refractivity contribution in [3.63, 3.8) is 0 Å². The molecular formula is C12H12O3S2. The molecule has 1 heterocycles. The van der Waals surface area contributed by atoms with E-state index in [1.165, 1.54) is 0 Å². The molecule has 0 saturated heterocycles. The molecule has 0 N–H and O–H groups in total. The zero-order valence-corrected chi connectivity index (χ0v) is 10.9. The Morgan fingerprint density at radius 2 is 1.88 bits per heavy atom. The summed E-state index contributed by atoms with van der Waals surface area (Å²) in [6.45, 7) is 0.0898. The Morgan fingerprint density at radius 3 is 2.53 bits per heavy atom. The quantitative estimate of drug-likeness (QED) is 0.801. The number of hydrogen-bond donors (Lipinski definition) is 0. The lowest BCUT2D eigenvalue weighted by Crippen LogP contribution is -2.02. The summed E-state index contributed by atoms with van der Waals surface area (Å²) in [5.41, 5.74) is 1.97. The minimum Gasteiger partial charge on any atom is -0.265 e. The van der Waals surface area contributed by atoms with E-state index in [1.807, 2.05) is 41.8 Å². The summed E-state index contributed by atoms with van der Waals surface area (Å²) in [6.07, 6.45) is 1.06. The molecule has 0 atom stereocenters. The van der Waals surface area contributed by atoms with Crippen LogP contribution < -0.4 is 0 Å². The third-order valence-electron chi connectivity index (χ3n) is 2.21. The average Bonchev–Trinajstić information content (AvgIpc) is 2.75. The molecule has 3 nitrogen and oxygen atoms in total. The third-order valence-corrected chi connectivity index (χ3v) is 3.76. The maximum atomic E-state index is 11.0. The highest BCUT2D eigenvalue weighted by molar-refractivity contribution is 7.85. The van der Waals surface area contributed by atoms with E-state index in [9.17, 15) is 8.42 Å². The average molecular weight is 268 g/mol. The van der Waals surface area contributed by atoms with Crippen LogP contribution >= 0.6 is 11.3 Å². The van der Waals surface area contributed by atoms with E-state index in [2.05, 4.69) is 0 Å². The molecular weight excluding hydrogens is 256 g/mol. The second-order valence-electron chi connectivity index (χ2n) is 3.61. The minimum atomic E-state index is -3.39. The van der Waals surface area contributed by atoms with Gasteiger partial charge in [-0.2, -0.15) is 8.42 Å². The number of hydrogen-bond acceptors (Lipinski definition) is 4. The van der Waals surface area contributed by atoms with Gasteiger partial charge >= 0.3 is 0 Å². The summed E-state index contributed by atoms with van der Waals surface area (Å²) in [7, 11) is -3.39. The zero-order chi connectivity index (χ0) is 12.3. The van der Waals surface area contributed by atoms with Crippen molar-refractivity contribution in [2.75, 3.05) is 6.26 Å². The smallest absolute Gasteiger partial charge is 0.264 e. The summed E-state index contributed by atoms with van der Waals surface area (Å²) < 4.78 is 26.7. The van der Waals surface area contributed by atoms with Crippen LogP contribution in [0.5, 0.6) is 0 Å². The monoisotopic (exact) mass is 268 g/mol. The summed E-state index contributed by atoms with van der Waals surface area (Å²) in [5.74, 6) is 0. The number of rotatable bonds is 4. The third kappa shape index (κ3) is 3.39. The highest BCUT2D eigenvalue weighted by Crippen LogP contribution is 2.30. The van der Waals surface area contributed by atoms with Gasteiger partial charge in [0.15, 0.2) is 0 Å². The van der Waals surface area contributed by atoms with Crippen LogP contribution in [0.4, 0.5) is 0 Å². The van der Waals surface area contributed by atoms with Crippen LogP contribution in [0.3, 0.4) is 0 Å². The maximum absolute atomic E-state index is 11.0. The van der Waals surface area contributed by atoms with E-state index in [0.717, 1.165) is 22.3 Å². The van der Waals surface area contributed by atoms with E-state index in [-0.39, 0.29) is 6.61 Å². The highest BCUT2D eigenvalue weighted by Gasteiger charge is 2.09. The van der Waals surface area contributed by atoms with Gasteiger partial charge in [0.2, 0.25) is 0 Å². The summed E-state index contributed by atoms with van der Waals surface area (Å²) in [4.78, 5) is 1.05. The molecule has 1 aromatic carbocycles. The van der Waals surface area contributed by atoms with E-state index in [1.54, 1.807) is 11.3 Å². The van der Waals surface area contributed by atoms with Gasteiger partial charge in [-0.05, 0) is 22.6 Å². The number of thiophene rings is 1. The fourth-order valence-corrected chi connectivity index (χ4v) is 2.72. The molecule has 2 aromatic rings. The predicted octanol–water partition coefficient (Wildman–Crippen LogP) is 2.89. The van der Waals surface area contributed by atoms with Gasteiger partial charge in [0.25, 0.3) is 10.1 Å². The first kappa shape index (κ1) is 12.3. The van der Waals surface area contributed by atoms with Crippen molar-refractivity contribution >= 4 is 21.5 Å². The Hall–Kier alpha value is -1.17. The molecule has 0 spiro atoms. The standard InChI is InChI=1S/C12H12O3S2/c1-17(13,14)15-9-11-7-8-16-12(11)10-5-3-2-4-6-10/h2-8H,9H2,1H3. The molecule has 0 aliphatic heterocycles.